The Morgan fingerprint density at radius 3 is 2.75 bits per heavy atom. The molecule has 0 aliphatic carbocycles. The summed E-state index contributed by atoms with van der Waals surface area (Å²) in [7, 11) is 0. The van der Waals surface area contributed by atoms with Gasteiger partial charge in [0.15, 0.2) is 5.16 Å². The summed E-state index contributed by atoms with van der Waals surface area (Å²) in [6.07, 6.45) is 3.05. The average molecular weight is 291 g/mol. The van der Waals surface area contributed by atoms with Crippen LogP contribution in [0.5, 0.6) is 0 Å². The molecule has 7 nitrogen and oxygen atoms in total. The molecule has 20 heavy (non-hydrogen) atoms. The molecule has 0 spiro atoms. The summed E-state index contributed by atoms with van der Waals surface area (Å²) >= 11 is 1.40. The summed E-state index contributed by atoms with van der Waals surface area (Å²) < 4.78 is 0. The molecule has 0 fully saturated rings. The molecule has 2 heterocycles. The van der Waals surface area contributed by atoms with Crippen LogP contribution in [0.4, 0.5) is 0 Å². The minimum atomic E-state index is -0.342. The topological polar surface area (TPSA) is 101 Å². The Morgan fingerprint density at radius 2 is 2.10 bits per heavy atom. The molecule has 1 amide bonds. The second-order valence-electron chi connectivity index (χ2n) is 3.76. The summed E-state index contributed by atoms with van der Waals surface area (Å²) in [6.45, 7) is 1.98. The van der Waals surface area contributed by atoms with Crippen molar-refractivity contribution in [3.05, 3.63) is 46.1 Å². The highest BCUT2D eigenvalue weighted by molar-refractivity contribution is 7.99. The van der Waals surface area contributed by atoms with E-state index >= 15 is 0 Å². The lowest BCUT2D eigenvalue weighted by Gasteiger charge is -2.04. The van der Waals surface area contributed by atoms with E-state index in [0.717, 1.165) is 5.75 Å². The Morgan fingerprint density at radius 1 is 1.35 bits per heavy atom. The van der Waals surface area contributed by atoms with Crippen LogP contribution in [0, 0.1) is 0 Å². The largest absolute Gasteiger partial charge is 0.346 e. The van der Waals surface area contributed by atoms with Crippen LogP contribution in [0.3, 0.4) is 0 Å². The van der Waals surface area contributed by atoms with Gasteiger partial charge in [0.05, 0.1) is 6.54 Å². The first-order valence-electron chi connectivity index (χ1n) is 5.97. The summed E-state index contributed by atoms with van der Waals surface area (Å²) in [5, 5.41) is 10.8. The van der Waals surface area contributed by atoms with Crippen molar-refractivity contribution in [3.8, 4) is 0 Å². The number of carbonyl (C=O) groups excluding carboxylic acids is 1. The fourth-order valence-electron chi connectivity index (χ4n) is 1.43. The van der Waals surface area contributed by atoms with Crippen molar-refractivity contribution in [2.45, 2.75) is 18.6 Å². The van der Waals surface area contributed by atoms with Gasteiger partial charge in [-0.25, -0.2) is 0 Å². The van der Waals surface area contributed by atoms with Gasteiger partial charge in [-0.05, 0) is 17.9 Å². The molecule has 2 aromatic heterocycles. The smallest absolute Gasteiger partial charge is 0.275 e. The first-order chi connectivity index (χ1) is 9.70. The highest BCUT2D eigenvalue weighted by Gasteiger charge is 2.08. The van der Waals surface area contributed by atoms with Gasteiger partial charge >= 0.3 is 0 Å². The Balaban J connectivity index is 2.01. The number of aromatic nitrogens is 4. The summed E-state index contributed by atoms with van der Waals surface area (Å²) in [6, 6.07) is 3.18. The van der Waals surface area contributed by atoms with E-state index in [1.807, 2.05) is 6.92 Å². The molecule has 0 aliphatic rings. The summed E-state index contributed by atoms with van der Waals surface area (Å²) in [5.41, 5.74) is 0.307. The number of pyridine rings is 1. The molecular weight excluding hydrogens is 278 g/mol. The monoisotopic (exact) mass is 291 g/mol. The highest BCUT2D eigenvalue weighted by Crippen LogP contribution is 2.07. The fourth-order valence-corrected chi connectivity index (χ4v) is 1.97. The minimum Gasteiger partial charge on any atom is -0.346 e. The van der Waals surface area contributed by atoms with Gasteiger partial charge in [0.2, 0.25) is 0 Å². The van der Waals surface area contributed by atoms with Crippen molar-refractivity contribution < 1.29 is 4.79 Å². The number of nitrogens with one attached hydrogen (secondary N) is 2. The highest BCUT2D eigenvalue weighted by atomic mass is 32.2. The van der Waals surface area contributed by atoms with Gasteiger partial charge in [-0.3, -0.25) is 19.6 Å². The number of rotatable bonds is 5. The zero-order chi connectivity index (χ0) is 14.4. The van der Waals surface area contributed by atoms with Gasteiger partial charge in [0.25, 0.3) is 11.5 Å². The van der Waals surface area contributed by atoms with E-state index in [2.05, 4.69) is 25.5 Å². The Bertz CT molecular complexity index is 644. The zero-order valence-corrected chi connectivity index (χ0v) is 11.6. The first kappa shape index (κ1) is 14.2. The van der Waals surface area contributed by atoms with Crippen LogP contribution >= 0.6 is 11.8 Å². The number of nitrogens with zero attached hydrogens (tertiary/aromatic N) is 3. The number of H-pyrrole nitrogens is 1. The molecule has 0 aromatic carbocycles. The van der Waals surface area contributed by atoms with E-state index in [0.29, 0.717) is 10.7 Å². The van der Waals surface area contributed by atoms with Crippen molar-refractivity contribution in [1.29, 1.82) is 0 Å². The Kier molecular flexibility index (Phi) is 4.83. The van der Waals surface area contributed by atoms with E-state index in [9.17, 15) is 9.59 Å². The van der Waals surface area contributed by atoms with Gasteiger partial charge in [0, 0.05) is 18.0 Å². The van der Waals surface area contributed by atoms with E-state index in [1.165, 1.54) is 24.2 Å². The van der Waals surface area contributed by atoms with E-state index in [4.69, 9.17) is 0 Å². The number of carbonyl (C=O) groups is 1. The predicted octanol–water partition coefficient (Wildman–Crippen LogP) is 0.602. The molecule has 0 radical (unpaired) electrons. The molecule has 0 saturated carbocycles. The second-order valence-corrected chi connectivity index (χ2v) is 5.01. The van der Waals surface area contributed by atoms with Gasteiger partial charge in [0.1, 0.15) is 5.69 Å². The molecule has 104 valence electrons. The fraction of sp³-hybridized carbons (Fsp3) is 0.250. The van der Waals surface area contributed by atoms with Crippen LogP contribution in [0.15, 0.2) is 34.5 Å². The van der Waals surface area contributed by atoms with Crippen molar-refractivity contribution in [2.75, 3.05) is 5.75 Å². The van der Waals surface area contributed by atoms with Crippen LogP contribution < -0.4 is 10.9 Å². The maximum Gasteiger partial charge on any atom is 0.275 e. The van der Waals surface area contributed by atoms with Crippen molar-refractivity contribution in [2.24, 2.45) is 0 Å². The molecule has 0 atom stereocenters. The number of aromatic amines is 1. The lowest BCUT2D eigenvalue weighted by Crippen LogP contribution is -2.28. The minimum absolute atomic E-state index is 0.0283. The molecule has 2 aromatic rings. The molecule has 2 N–H and O–H groups in total. The lowest BCUT2D eigenvalue weighted by atomic mass is 10.2. The van der Waals surface area contributed by atoms with Crippen LogP contribution in [0.2, 0.25) is 0 Å². The maximum absolute atomic E-state index is 11.8. The Labute approximate surface area is 119 Å². The predicted molar refractivity (Wildman–Crippen MR) is 74.5 cm³/mol. The zero-order valence-electron chi connectivity index (χ0n) is 10.8. The van der Waals surface area contributed by atoms with Gasteiger partial charge < -0.3 is 5.32 Å². The van der Waals surface area contributed by atoms with E-state index in [-0.39, 0.29) is 23.7 Å². The van der Waals surface area contributed by atoms with Crippen LogP contribution in [0.1, 0.15) is 23.0 Å². The van der Waals surface area contributed by atoms with Crippen molar-refractivity contribution >= 4 is 17.7 Å². The molecule has 0 unspecified atom stereocenters. The van der Waals surface area contributed by atoms with Crippen molar-refractivity contribution in [3.63, 3.8) is 0 Å². The number of hydrogen-bond donors (Lipinski definition) is 2. The lowest BCUT2D eigenvalue weighted by molar-refractivity contribution is 0.0950. The first-order valence-corrected chi connectivity index (χ1v) is 6.96. The summed E-state index contributed by atoms with van der Waals surface area (Å²) in [4.78, 5) is 30.0. The maximum atomic E-state index is 11.8. The third kappa shape index (κ3) is 3.64. The molecule has 0 bridgehead atoms. The number of thioether (sulfide) groups is 1. The number of hydrogen-bond acceptors (Lipinski definition) is 6. The molecule has 2 rings (SSSR count). The van der Waals surface area contributed by atoms with Crippen LogP contribution in [0.25, 0.3) is 0 Å². The van der Waals surface area contributed by atoms with E-state index in [1.54, 1.807) is 12.1 Å². The van der Waals surface area contributed by atoms with Crippen molar-refractivity contribution in [1.82, 2.24) is 25.5 Å². The van der Waals surface area contributed by atoms with Crippen LogP contribution in [-0.2, 0) is 6.54 Å². The average Bonchev–Trinajstić information content (AvgIpc) is 2.47. The standard InChI is InChI=1S/C12H13N5O2S/c1-2-20-12-15-11(19)9(16-17-12)7-14-10(18)8-3-5-13-6-4-8/h3-6H,2,7H2,1H3,(H,14,18)(H,15,17,19). The molecule has 0 saturated heterocycles. The SMILES string of the molecule is CCSc1nnc(CNC(=O)c2ccncc2)c(=O)[nH]1. The summed E-state index contributed by atoms with van der Waals surface area (Å²) in [5.74, 6) is 0.503. The number of amides is 1. The molecule has 0 aliphatic heterocycles. The Hall–Kier alpha value is -2.22. The molecule has 8 heteroatoms. The normalized spacial score (nSPS) is 10.2. The second kappa shape index (κ2) is 6.80. The molecular formula is C12H13N5O2S. The third-order valence-corrected chi connectivity index (χ3v) is 3.13. The third-order valence-electron chi connectivity index (χ3n) is 2.38. The quantitative estimate of drug-likeness (QED) is 0.782. The van der Waals surface area contributed by atoms with Gasteiger partial charge in [-0.15, -0.1) is 10.2 Å². The van der Waals surface area contributed by atoms with Crippen LogP contribution in [-0.4, -0.2) is 31.8 Å². The van der Waals surface area contributed by atoms with Gasteiger partial charge in [-0.2, -0.15) is 0 Å². The van der Waals surface area contributed by atoms with Gasteiger partial charge in [-0.1, -0.05) is 18.7 Å². The van der Waals surface area contributed by atoms with E-state index < -0.39 is 0 Å².